The van der Waals surface area contributed by atoms with Gasteiger partial charge in [0.15, 0.2) is 0 Å². The maximum absolute atomic E-state index is 12.6. The molecule has 1 N–H and O–H groups in total. The van der Waals surface area contributed by atoms with E-state index in [1.165, 1.54) is 12.1 Å². The third-order valence-electron chi connectivity index (χ3n) is 4.08. The number of carbonyl (C=O) groups is 1. The number of hydrogen-bond acceptors (Lipinski definition) is 2. The van der Waals surface area contributed by atoms with Gasteiger partial charge in [0, 0.05) is 18.8 Å². The molecule has 0 aromatic heterocycles. The van der Waals surface area contributed by atoms with Gasteiger partial charge in [-0.3, -0.25) is 4.79 Å². The molecule has 0 saturated carbocycles. The number of benzene rings is 1. The number of rotatable bonds is 4. The molecule has 3 nitrogen and oxygen atoms in total. The third-order valence-corrected chi connectivity index (χ3v) is 4.08. The molecule has 1 aromatic carbocycles. The lowest BCUT2D eigenvalue weighted by molar-refractivity contribution is -0.137. The molecule has 1 heterocycles. The molecule has 0 spiro atoms. The molecule has 122 valence electrons. The van der Waals surface area contributed by atoms with E-state index < -0.39 is 11.7 Å². The third kappa shape index (κ3) is 4.39. The molecule has 22 heavy (non-hydrogen) atoms. The molecule has 1 aromatic rings. The molecular weight excluding hydrogens is 293 g/mol. The maximum atomic E-state index is 12.6. The van der Waals surface area contributed by atoms with Gasteiger partial charge in [0.25, 0.3) is 0 Å². The zero-order valence-corrected chi connectivity index (χ0v) is 12.6. The van der Waals surface area contributed by atoms with Gasteiger partial charge < -0.3 is 10.2 Å². The molecule has 0 aliphatic carbocycles. The number of anilines is 1. The van der Waals surface area contributed by atoms with Crippen molar-refractivity contribution in [1.29, 1.82) is 0 Å². The molecule has 1 saturated heterocycles. The van der Waals surface area contributed by atoms with Crippen LogP contribution in [0.2, 0.25) is 0 Å². The van der Waals surface area contributed by atoms with E-state index in [0.29, 0.717) is 11.6 Å². The summed E-state index contributed by atoms with van der Waals surface area (Å²) in [5.74, 6) is 0.474. The van der Waals surface area contributed by atoms with Crippen molar-refractivity contribution in [1.82, 2.24) is 4.90 Å². The average Bonchev–Trinajstić information content (AvgIpc) is 2.52. The Balaban J connectivity index is 1.91. The first-order valence-corrected chi connectivity index (χ1v) is 7.59. The number of nitrogens with zero attached hydrogens (tertiary/aromatic N) is 1. The zero-order chi connectivity index (χ0) is 16.2. The fourth-order valence-electron chi connectivity index (χ4n) is 2.72. The van der Waals surface area contributed by atoms with Crippen LogP contribution in [0.3, 0.4) is 0 Å². The zero-order valence-electron chi connectivity index (χ0n) is 12.6. The summed E-state index contributed by atoms with van der Waals surface area (Å²) in [6, 6.07) is 4.92. The van der Waals surface area contributed by atoms with Crippen LogP contribution in [0.1, 0.15) is 31.7 Å². The van der Waals surface area contributed by atoms with Crippen molar-refractivity contribution in [2.45, 2.75) is 32.4 Å². The first kappa shape index (κ1) is 16.6. The monoisotopic (exact) mass is 314 g/mol. The molecule has 1 aliphatic rings. The Morgan fingerprint density at radius 3 is 2.86 bits per heavy atom. The highest BCUT2D eigenvalue weighted by atomic mass is 19.4. The first-order chi connectivity index (χ1) is 10.4. The van der Waals surface area contributed by atoms with E-state index in [1.54, 1.807) is 4.90 Å². The number of alkyl halides is 3. The number of nitrogens with one attached hydrogen (secondary N) is 1. The smallest absolute Gasteiger partial charge is 0.376 e. The second-order valence-electron chi connectivity index (χ2n) is 5.69. The van der Waals surface area contributed by atoms with Crippen LogP contribution in [0.5, 0.6) is 0 Å². The quantitative estimate of drug-likeness (QED) is 0.917. The standard InChI is InChI=1S/C16H21F3N2O/c1-2-12-5-4-8-21(11-12)15(22)10-20-14-7-3-6-13(9-14)16(17,18)19/h3,6-7,9,12,20H,2,4-5,8,10-11H2,1H3. The summed E-state index contributed by atoms with van der Waals surface area (Å²) in [5.41, 5.74) is -0.402. The van der Waals surface area contributed by atoms with Gasteiger partial charge in [-0.15, -0.1) is 0 Å². The van der Waals surface area contributed by atoms with Crippen molar-refractivity contribution in [3.8, 4) is 0 Å². The van der Waals surface area contributed by atoms with E-state index in [-0.39, 0.29) is 12.5 Å². The predicted octanol–water partition coefficient (Wildman–Crippen LogP) is 3.77. The maximum Gasteiger partial charge on any atom is 0.416 e. The summed E-state index contributed by atoms with van der Waals surface area (Å²) in [5, 5.41) is 2.80. The highest BCUT2D eigenvalue weighted by molar-refractivity contribution is 5.81. The minimum absolute atomic E-state index is 0.0255. The predicted molar refractivity (Wildman–Crippen MR) is 79.5 cm³/mol. The fraction of sp³-hybridized carbons (Fsp3) is 0.562. The Morgan fingerprint density at radius 2 is 2.18 bits per heavy atom. The summed E-state index contributed by atoms with van der Waals surface area (Å²) >= 11 is 0. The van der Waals surface area contributed by atoms with Crippen LogP contribution in [0.25, 0.3) is 0 Å². The normalized spacial score (nSPS) is 19.1. The van der Waals surface area contributed by atoms with E-state index in [0.717, 1.165) is 44.5 Å². The molecule has 0 bridgehead atoms. The van der Waals surface area contributed by atoms with Crippen LogP contribution in [-0.4, -0.2) is 30.4 Å². The average molecular weight is 314 g/mol. The lowest BCUT2D eigenvalue weighted by Gasteiger charge is -2.32. The van der Waals surface area contributed by atoms with Crippen LogP contribution >= 0.6 is 0 Å². The van der Waals surface area contributed by atoms with Crippen molar-refractivity contribution in [2.75, 3.05) is 25.0 Å². The van der Waals surface area contributed by atoms with Gasteiger partial charge in [-0.2, -0.15) is 13.2 Å². The van der Waals surface area contributed by atoms with Gasteiger partial charge in [0.1, 0.15) is 0 Å². The highest BCUT2D eigenvalue weighted by Crippen LogP contribution is 2.30. The van der Waals surface area contributed by atoms with E-state index in [2.05, 4.69) is 12.2 Å². The number of piperidine rings is 1. The van der Waals surface area contributed by atoms with Gasteiger partial charge in [-0.05, 0) is 37.0 Å². The van der Waals surface area contributed by atoms with E-state index in [1.807, 2.05) is 0 Å². The fourth-order valence-corrected chi connectivity index (χ4v) is 2.72. The second kappa shape index (κ2) is 7.03. The Kier molecular flexibility index (Phi) is 5.32. The van der Waals surface area contributed by atoms with Crippen LogP contribution in [-0.2, 0) is 11.0 Å². The Hall–Kier alpha value is -1.72. The number of amides is 1. The Labute approximate surface area is 128 Å². The molecule has 0 radical (unpaired) electrons. The highest BCUT2D eigenvalue weighted by Gasteiger charge is 2.30. The minimum Gasteiger partial charge on any atom is -0.376 e. The van der Waals surface area contributed by atoms with E-state index in [9.17, 15) is 18.0 Å². The van der Waals surface area contributed by atoms with Crippen LogP contribution in [0, 0.1) is 5.92 Å². The summed E-state index contributed by atoms with van der Waals surface area (Å²) in [6.07, 6.45) is -1.19. The van der Waals surface area contributed by atoms with Crippen molar-refractivity contribution in [3.05, 3.63) is 29.8 Å². The van der Waals surface area contributed by atoms with Crippen molar-refractivity contribution >= 4 is 11.6 Å². The Bertz CT molecular complexity index is 516. The van der Waals surface area contributed by atoms with Gasteiger partial charge in [-0.1, -0.05) is 19.4 Å². The molecule has 1 aliphatic heterocycles. The second-order valence-corrected chi connectivity index (χ2v) is 5.69. The summed E-state index contributed by atoms with van der Waals surface area (Å²) in [7, 11) is 0. The first-order valence-electron chi connectivity index (χ1n) is 7.59. The van der Waals surface area contributed by atoms with E-state index in [4.69, 9.17) is 0 Å². The summed E-state index contributed by atoms with van der Waals surface area (Å²) in [4.78, 5) is 14.0. The van der Waals surface area contributed by atoms with Crippen LogP contribution in [0.4, 0.5) is 18.9 Å². The number of likely N-dealkylation sites (tertiary alicyclic amines) is 1. The SMILES string of the molecule is CCC1CCCN(C(=O)CNc2cccc(C(F)(F)F)c2)C1. The van der Waals surface area contributed by atoms with Crippen molar-refractivity contribution in [2.24, 2.45) is 5.92 Å². The van der Waals surface area contributed by atoms with Crippen molar-refractivity contribution in [3.63, 3.8) is 0 Å². The minimum atomic E-state index is -4.37. The lowest BCUT2D eigenvalue weighted by Crippen LogP contribution is -2.42. The molecular formula is C16H21F3N2O. The molecule has 1 fully saturated rings. The van der Waals surface area contributed by atoms with Gasteiger partial charge in [-0.25, -0.2) is 0 Å². The molecule has 1 amide bonds. The number of halogens is 3. The van der Waals surface area contributed by atoms with E-state index >= 15 is 0 Å². The molecule has 1 atom stereocenters. The number of carbonyl (C=O) groups excluding carboxylic acids is 1. The lowest BCUT2D eigenvalue weighted by atomic mass is 9.96. The molecule has 2 rings (SSSR count). The topological polar surface area (TPSA) is 32.3 Å². The van der Waals surface area contributed by atoms with Crippen LogP contribution < -0.4 is 5.32 Å². The van der Waals surface area contributed by atoms with Gasteiger partial charge >= 0.3 is 6.18 Å². The van der Waals surface area contributed by atoms with Gasteiger partial charge in [0.2, 0.25) is 5.91 Å². The molecule has 1 unspecified atom stereocenters. The summed E-state index contributed by atoms with van der Waals surface area (Å²) in [6.45, 7) is 3.62. The largest absolute Gasteiger partial charge is 0.416 e. The Morgan fingerprint density at radius 1 is 1.41 bits per heavy atom. The molecule has 6 heteroatoms. The van der Waals surface area contributed by atoms with Gasteiger partial charge in [0.05, 0.1) is 12.1 Å². The summed E-state index contributed by atoms with van der Waals surface area (Å²) < 4.78 is 37.9. The number of hydrogen-bond donors (Lipinski definition) is 1. The van der Waals surface area contributed by atoms with Crippen molar-refractivity contribution < 1.29 is 18.0 Å². The van der Waals surface area contributed by atoms with Crippen LogP contribution in [0.15, 0.2) is 24.3 Å².